The smallest absolute Gasteiger partial charge is 0.297 e. The first-order valence-electron chi connectivity index (χ1n) is 22.7. The van der Waals surface area contributed by atoms with Crippen LogP contribution in [0, 0.1) is 23.1 Å². The van der Waals surface area contributed by atoms with Crippen LogP contribution in [0.1, 0.15) is 134 Å². The summed E-state index contributed by atoms with van der Waals surface area (Å²) < 4.78 is 50.9. The van der Waals surface area contributed by atoms with E-state index in [2.05, 4.69) is 34.6 Å². The molecule has 1 N–H and O–H groups in total. The summed E-state index contributed by atoms with van der Waals surface area (Å²) in [6, 6.07) is 11.8. The number of carbonyl (C=O) groups is 3. The van der Waals surface area contributed by atoms with Gasteiger partial charge in [0, 0.05) is 41.7 Å². The van der Waals surface area contributed by atoms with Crippen LogP contribution in [0.15, 0.2) is 60.0 Å². The Labute approximate surface area is 368 Å². The molecule has 4 aromatic rings. The minimum absolute atomic E-state index is 0.0294. The molecule has 3 saturated carbocycles. The lowest BCUT2D eigenvalue weighted by atomic mass is 9.90. The Morgan fingerprint density at radius 1 is 1.02 bits per heavy atom. The Bertz CT molecular complexity index is 2490. The van der Waals surface area contributed by atoms with Gasteiger partial charge in [0.05, 0.1) is 34.0 Å². The number of nitrogens with zero attached hydrogens (tertiary/aromatic N) is 4. The lowest BCUT2D eigenvalue weighted by Gasteiger charge is -2.29. The molecular weight excluding hydrogens is 826 g/mol. The number of thiazole rings is 1. The van der Waals surface area contributed by atoms with E-state index in [0.29, 0.717) is 44.0 Å². The van der Waals surface area contributed by atoms with Crippen LogP contribution in [-0.2, 0) is 30.8 Å². The summed E-state index contributed by atoms with van der Waals surface area (Å²) in [5.41, 5.74) is 3.36. The first-order chi connectivity index (χ1) is 29.7. The number of aromatic nitrogens is 3. The third-order valence-corrected chi connectivity index (χ3v) is 17.4. The summed E-state index contributed by atoms with van der Waals surface area (Å²) in [6.07, 6.45) is 13.8. The van der Waals surface area contributed by atoms with Crippen LogP contribution in [0.4, 0.5) is 4.39 Å². The zero-order chi connectivity index (χ0) is 43.4. The second-order valence-electron chi connectivity index (χ2n) is 19.2. The lowest BCUT2D eigenvalue weighted by Crippen LogP contribution is -2.47. The normalized spacial score (nSPS) is 27.4. The van der Waals surface area contributed by atoms with Crippen molar-refractivity contribution in [3.8, 4) is 16.6 Å². The number of imidazole rings is 1. The van der Waals surface area contributed by atoms with Crippen LogP contribution in [0.3, 0.4) is 0 Å². The van der Waals surface area contributed by atoms with Gasteiger partial charge >= 0.3 is 0 Å². The predicted octanol–water partition coefficient (Wildman–Crippen LogP) is 9.23. The first kappa shape index (κ1) is 42.9. The lowest BCUT2D eigenvalue weighted by molar-refractivity contribution is -0.142. The quantitative estimate of drug-likeness (QED) is 0.156. The molecule has 2 aromatic carbocycles. The van der Waals surface area contributed by atoms with Gasteiger partial charge in [-0.05, 0) is 114 Å². The minimum atomic E-state index is -3.94. The third kappa shape index (κ3) is 8.37. The molecule has 3 aliphatic carbocycles. The van der Waals surface area contributed by atoms with E-state index in [4.69, 9.17) is 14.7 Å². The fourth-order valence-electron chi connectivity index (χ4n) is 10.1. The third-order valence-electron chi connectivity index (χ3n) is 14.4. The van der Waals surface area contributed by atoms with Gasteiger partial charge in [0.2, 0.25) is 21.8 Å². The monoisotopic (exact) mass is 883 g/mol. The summed E-state index contributed by atoms with van der Waals surface area (Å²) in [4.78, 5) is 55.8. The Morgan fingerprint density at radius 2 is 1.77 bits per heavy atom. The van der Waals surface area contributed by atoms with E-state index in [1.807, 2.05) is 24.3 Å². The summed E-state index contributed by atoms with van der Waals surface area (Å²) in [5, 5.41) is 3.09. The standard InChI is InChI=1S/C48H58FN5O6S2/c1-30(2)54-39-17-11-16-37(43-50-38(29-61-43)32-12-9-10-13-32)42(39)51-46(54)60-36-25-40-41(55)27-48(45(57)52-62(58,59)47(3)22-23-47)26-34(48)15-8-6-4-5-7-14-33(44(56)53(40)28-36)24-31-18-20-35(49)21-19-31/h8,11,15-21,29-30,32-34,36,40H,4-7,9-10,12-14,22-28H2,1-3H3,(H,52,57)/b15-8-/t33-,34-,36-,40+,48-/m1/s1. The number of halogens is 1. The number of nitrogens with one attached hydrogen (secondary N) is 1. The van der Waals surface area contributed by atoms with Crippen molar-refractivity contribution in [1.82, 2.24) is 24.2 Å². The van der Waals surface area contributed by atoms with E-state index in [1.54, 1.807) is 35.3 Å². The van der Waals surface area contributed by atoms with Gasteiger partial charge in [0.25, 0.3) is 6.01 Å². The van der Waals surface area contributed by atoms with Gasteiger partial charge in [-0.3, -0.25) is 23.7 Å². The highest BCUT2D eigenvalue weighted by Crippen LogP contribution is 2.58. The van der Waals surface area contributed by atoms with Crippen LogP contribution in [0.2, 0.25) is 0 Å². The molecule has 1 saturated heterocycles. The number of benzene rings is 2. The van der Waals surface area contributed by atoms with Gasteiger partial charge in [-0.25, -0.2) is 17.8 Å². The molecule has 62 heavy (non-hydrogen) atoms. The van der Waals surface area contributed by atoms with Gasteiger partial charge in [-0.2, -0.15) is 4.98 Å². The summed E-state index contributed by atoms with van der Waals surface area (Å²) in [6.45, 7) is 5.92. The molecule has 2 amide bonds. The number of ketones is 1. The minimum Gasteiger partial charge on any atom is -0.459 e. The zero-order valence-corrected chi connectivity index (χ0v) is 37.6. The number of para-hydroxylation sites is 1. The molecule has 0 unspecified atom stereocenters. The van der Waals surface area contributed by atoms with Crippen LogP contribution >= 0.6 is 11.3 Å². The molecule has 0 spiro atoms. The van der Waals surface area contributed by atoms with Gasteiger partial charge in [-0.1, -0.05) is 56.0 Å². The van der Waals surface area contributed by atoms with Gasteiger partial charge in [0.1, 0.15) is 22.4 Å². The largest absolute Gasteiger partial charge is 0.459 e. The van der Waals surface area contributed by atoms with Crippen molar-refractivity contribution in [1.29, 1.82) is 0 Å². The summed E-state index contributed by atoms with van der Waals surface area (Å²) in [7, 11) is -3.94. The average molecular weight is 884 g/mol. The summed E-state index contributed by atoms with van der Waals surface area (Å²) >= 11 is 1.63. The van der Waals surface area contributed by atoms with E-state index in [0.717, 1.165) is 71.4 Å². The molecule has 4 heterocycles. The fraction of sp³-hybridized carbons (Fsp3) is 0.562. The molecule has 11 nitrogen and oxygen atoms in total. The molecule has 14 heteroatoms. The maximum atomic E-state index is 15.0. The molecule has 0 bridgehead atoms. The van der Waals surface area contributed by atoms with Crippen LogP contribution < -0.4 is 9.46 Å². The van der Waals surface area contributed by atoms with E-state index in [1.165, 1.54) is 25.0 Å². The molecule has 5 aliphatic rings. The maximum absolute atomic E-state index is 15.0. The average Bonchev–Trinajstić information content (AvgIpc) is 3.73. The van der Waals surface area contributed by atoms with Gasteiger partial charge in [0.15, 0.2) is 5.78 Å². The van der Waals surface area contributed by atoms with Crippen molar-refractivity contribution in [2.24, 2.45) is 17.3 Å². The van der Waals surface area contributed by atoms with Crippen molar-refractivity contribution in [3.05, 3.63) is 77.1 Å². The number of hydrogen-bond acceptors (Lipinski definition) is 9. The van der Waals surface area contributed by atoms with Crippen molar-refractivity contribution in [3.63, 3.8) is 0 Å². The van der Waals surface area contributed by atoms with Crippen molar-refractivity contribution in [2.75, 3.05) is 6.54 Å². The molecule has 0 radical (unpaired) electrons. The predicted molar refractivity (Wildman–Crippen MR) is 238 cm³/mol. The van der Waals surface area contributed by atoms with E-state index in [9.17, 15) is 27.2 Å². The Balaban J connectivity index is 1.04. The van der Waals surface area contributed by atoms with Crippen LogP contribution in [-0.4, -0.2) is 68.9 Å². The maximum Gasteiger partial charge on any atom is 0.297 e. The Hall–Kier alpha value is -4.43. The first-order valence-corrected chi connectivity index (χ1v) is 25.1. The topological polar surface area (TPSA) is 141 Å². The second kappa shape index (κ2) is 16.9. The molecule has 2 aliphatic heterocycles. The SMILES string of the molecule is CC(C)n1c(O[C@@H]2C[C@H]3C(=O)C[C@]4(C(=O)NS(=O)(=O)C5(C)CC5)C[C@H]4/C=C\CCCCC[C@H](Cc4ccc(F)cc4)C(=O)N3C2)nc2c(-c3nc(C4CCCC4)cs3)cccc21. The van der Waals surface area contributed by atoms with E-state index >= 15 is 0 Å². The fourth-order valence-corrected chi connectivity index (χ4v) is 12.4. The number of ether oxygens (including phenoxy) is 1. The highest BCUT2D eigenvalue weighted by molar-refractivity contribution is 7.91. The van der Waals surface area contributed by atoms with Crippen molar-refractivity contribution < 1.29 is 31.9 Å². The van der Waals surface area contributed by atoms with Crippen molar-refractivity contribution in [2.45, 2.75) is 146 Å². The molecule has 330 valence electrons. The van der Waals surface area contributed by atoms with Crippen molar-refractivity contribution >= 4 is 50.0 Å². The number of carbonyl (C=O) groups excluding carboxylic acids is 3. The van der Waals surface area contributed by atoms with Gasteiger partial charge in [-0.15, -0.1) is 11.3 Å². The molecular formula is C48H58FN5O6S2. The number of fused-ring (bicyclic) bond motifs is 3. The Morgan fingerprint density at radius 3 is 2.52 bits per heavy atom. The summed E-state index contributed by atoms with van der Waals surface area (Å²) in [5.74, 6) is -1.74. The van der Waals surface area contributed by atoms with Crippen LogP contribution in [0.5, 0.6) is 6.01 Å². The number of allylic oxidation sites excluding steroid dienone is 2. The van der Waals surface area contributed by atoms with E-state index in [-0.39, 0.29) is 48.9 Å². The number of amides is 2. The molecule has 4 fully saturated rings. The van der Waals surface area contributed by atoms with Gasteiger partial charge < -0.3 is 9.64 Å². The molecule has 9 rings (SSSR count). The highest BCUT2D eigenvalue weighted by atomic mass is 32.2. The Kier molecular flexibility index (Phi) is 11.7. The van der Waals surface area contributed by atoms with Crippen LogP contribution in [0.25, 0.3) is 21.6 Å². The number of hydrogen-bond donors (Lipinski definition) is 1. The second-order valence-corrected chi connectivity index (χ2v) is 22.2. The molecule has 5 atom stereocenters. The van der Waals surface area contributed by atoms with E-state index < -0.39 is 44.2 Å². The highest BCUT2D eigenvalue weighted by Gasteiger charge is 2.62. The zero-order valence-electron chi connectivity index (χ0n) is 36.0. The number of sulfonamides is 1. The number of rotatable bonds is 10. The molecule has 2 aromatic heterocycles. The number of Topliss-reactive ketones (excluding diaryl/α,β-unsaturated/α-hetero) is 1.